The molecule has 1 aromatic heterocycles. The number of ether oxygens (including phenoxy) is 2. The zero-order valence-electron chi connectivity index (χ0n) is 18.3. The highest BCUT2D eigenvalue weighted by Gasteiger charge is 2.46. The number of hydrogen-bond acceptors (Lipinski definition) is 6. The molecule has 0 bridgehead atoms. The topological polar surface area (TPSA) is 89.0 Å². The van der Waals surface area contributed by atoms with Crippen molar-refractivity contribution in [2.75, 3.05) is 14.2 Å². The van der Waals surface area contributed by atoms with Gasteiger partial charge in [-0.2, -0.15) is 0 Å². The molecule has 0 aliphatic carbocycles. The van der Waals surface area contributed by atoms with Crippen LogP contribution in [0.2, 0.25) is 10.0 Å². The van der Waals surface area contributed by atoms with Crippen molar-refractivity contribution in [2.24, 2.45) is 0 Å². The number of Topliss-reactive ketones (excluding diaryl/α,β-unsaturated/α-hetero) is 1. The summed E-state index contributed by atoms with van der Waals surface area (Å²) < 4.78 is 10.3. The molecule has 34 heavy (non-hydrogen) atoms. The van der Waals surface area contributed by atoms with E-state index in [2.05, 4.69) is 4.98 Å². The Balaban J connectivity index is 1.84. The number of aliphatic hydroxyl groups is 1. The molecule has 1 unspecified atom stereocenters. The Morgan fingerprint density at radius 3 is 2.29 bits per heavy atom. The first-order valence-electron chi connectivity index (χ1n) is 10.2. The number of amides is 1. The van der Waals surface area contributed by atoms with Crippen LogP contribution in [-0.4, -0.2) is 40.9 Å². The SMILES string of the molecule is COc1ccc(CN2C(=O)C(=O)/C(=C(/O)c3cc(Cl)c(OC)c(Cl)c3)C2c2cccnc2)cc1. The minimum atomic E-state index is -0.865. The number of nitrogens with zero attached hydrogens (tertiary/aromatic N) is 2. The minimum absolute atomic E-state index is 0.0798. The summed E-state index contributed by atoms with van der Waals surface area (Å²) >= 11 is 12.5. The fourth-order valence-electron chi connectivity index (χ4n) is 3.90. The Bertz CT molecular complexity index is 1250. The van der Waals surface area contributed by atoms with Gasteiger partial charge in [0.05, 0.1) is 35.9 Å². The van der Waals surface area contributed by atoms with Crippen molar-refractivity contribution in [1.29, 1.82) is 0 Å². The molecule has 1 aliphatic heterocycles. The molecule has 1 N–H and O–H groups in total. The second-order valence-electron chi connectivity index (χ2n) is 7.53. The maximum absolute atomic E-state index is 13.2. The van der Waals surface area contributed by atoms with E-state index >= 15 is 0 Å². The quantitative estimate of drug-likeness (QED) is 0.291. The Hall–Kier alpha value is -3.55. The normalized spacial score (nSPS) is 17.2. The molecule has 9 heteroatoms. The average Bonchev–Trinajstić information content (AvgIpc) is 3.09. The van der Waals surface area contributed by atoms with Gasteiger partial charge < -0.3 is 19.5 Å². The van der Waals surface area contributed by atoms with Crippen molar-refractivity contribution < 1.29 is 24.2 Å². The fourth-order valence-corrected chi connectivity index (χ4v) is 4.54. The van der Waals surface area contributed by atoms with Crippen LogP contribution in [-0.2, 0) is 16.1 Å². The standard InChI is InChI=1S/C25H20Cl2N2O5/c1-33-17-7-5-14(6-8-17)13-29-21(15-4-3-9-28-12-15)20(23(31)25(29)32)22(30)16-10-18(26)24(34-2)19(27)11-16/h3-12,21,30H,13H2,1-2H3/b22-20+. The highest BCUT2D eigenvalue weighted by atomic mass is 35.5. The Kier molecular flexibility index (Phi) is 6.77. The van der Waals surface area contributed by atoms with E-state index < -0.39 is 23.5 Å². The number of carbonyl (C=O) groups is 2. The van der Waals surface area contributed by atoms with Crippen molar-refractivity contribution in [3.05, 3.63) is 93.2 Å². The number of hydrogen-bond donors (Lipinski definition) is 1. The Morgan fingerprint density at radius 2 is 1.74 bits per heavy atom. The van der Waals surface area contributed by atoms with E-state index in [1.54, 1.807) is 43.8 Å². The summed E-state index contributed by atoms with van der Waals surface area (Å²) in [4.78, 5) is 31.8. The molecule has 7 nitrogen and oxygen atoms in total. The lowest BCUT2D eigenvalue weighted by Gasteiger charge is -2.25. The maximum Gasteiger partial charge on any atom is 0.295 e. The molecule has 1 fully saturated rings. The zero-order valence-corrected chi connectivity index (χ0v) is 19.8. The number of carbonyl (C=O) groups excluding carboxylic acids is 2. The van der Waals surface area contributed by atoms with E-state index in [0.717, 1.165) is 5.56 Å². The van der Waals surface area contributed by atoms with Gasteiger partial charge in [-0.15, -0.1) is 0 Å². The molecule has 3 aromatic rings. The molecule has 2 heterocycles. The van der Waals surface area contributed by atoms with E-state index in [9.17, 15) is 14.7 Å². The van der Waals surface area contributed by atoms with E-state index in [4.69, 9.17) is 32.7 Å². The number of ketones is 1. The van der Waals surface area contributed by atoms with Crippen molar-refractivity contribution in [1.82, 2.24) is 9.88 Å². The summed E-state index contributed by atoms with van der Waals surface area (Å²) in [6, 6.07) is 12.6. The zero-order chi connectivity index (χ0) is 24.4. The lowest BCUT2D eigenvalue weighted by Crippen LogP contribution is -2.29. The van der Waals surface area contributed by atoms with Gasteiger partial charge in [-0.05, 0) is 41.5 Å². The second kappa shape index (κ2) is 9.75. The molecule has 1 atom stereocenters. The molecule has 1 amide bonds. The molecule has 174 valence electrons. The van der Waals surface area contributed by atoms with E-state index in [0.29, 0.717) is 11.3 Å². The lowest BCUT2D eigenvalue weighted by atomic mass is 9.96. The van der Waals surface area contributed by atoms with Gasteiger partial charge in [-0.3, -0.25) is 14.6 Å². The maximum atomic E-state index is 13.2. The van der Waals surface area contributed by atoms with Gasteiger partial charge in [0.15, 0.2) is 5.75 Å². The number of rotatable bonds is 6. The molecule has 1 saturated heterocycles. The Morgan fingerprint density at radius 1 is 1.06 bits per heavy atom. The van der Waals surface area contributed by atoms with Crippen molar-refractivity contribution in [3.8, 4) is 11.5 Å². The van der Waals surface area contributed by atoms with Crippen molar-refractivity contribution in [3.63, 3.8) is 0 Å². The number of pyridine rings is 1. The highest BCUT2D eigenvalue weighted by Crippen LogP contribution is 2.42. The molecular formula is C25H20Cl2N2O5. The summed E-state index contributed by atoms with van der Waals surface area (Å²) in [5, 5.41) is 11.5. The molecule has 2 aromatic carbocycles. The number of halogens is 2. The van der Waals surface area contributed by atoms with Crippen LogP contribution < -0.4 is 9.47 Å². The van der Waals surface area contributed by atoms with Crippen LogP contribution in [0.4, 0.5) is 0 Å². The van der Waals surface area contributed by atoms with Gasteiger partial charge >= 0.3 is 0 Å². The molecule has 0 radical (unpaired) electrons. The molecule has 0 spiro atoms. The number of likely N-dealkylation sites (tertiary alicyclic amines) is 1. The van der Waals surface area contributed by atoms with Gasteiger partial charge in [0.25, 0.3) is 11.7 Å². The third-order valence-corrected chi connectivity index (χ3v) is 6.09. The van der Waals surface area contributed by atoms with Crippen LogP contribution in [0.5, 0.6) is 11.5 Å². The fraction of sp³-hybridized carbons (Fsp3) is 0.160. The Labute approximate surface area is 206 Å². The second-order valence-corrected chi connectivity index (χ2v) is 8.35. The van der Waals surface area contributed by atoms with Crippen LogP contribution in [0, 0.1) is 0 Å². The molecule has 1 aliphatic rings. The van der Waals surface area contributed by atoms with Gasteiger partial charge in [0, 0.05) is 24.5 Å². The van der Waals surface area contributed by atoms with Crippen molar-refractivity contribution in [2.45, 2.75) is 12.6 Å². The van der Waals surface area contributed by atoms with E-state index in [1.165, 1.54) is 24.1 Å². The van der Waals surface area contributed by atoms with Crippen LogP contribution in [0.25, 0.3) is 5.76 Å². The largest absolute Gasteiger partial charge is 0.507 e. The first-order chi connectivity index (χ1) is 16.3. The molecule has 4 rings (SSSR count). The van der Waals surface area contributed by atoms with Crippen LogP contribution in [0.15, 0.2) is 66.5 Å². The van der Waals surface area contributed by atoms with Crippen molar-refractivity contribution >= 4 is 40.7 Å². The van der Waals surface area contributed by atoms with Gasteiger partial charge in [-0.1, -0.05) is 41.4 Å². The highest BCUT2D eigenvalue weighted by molar-refractivity contribution is 6.46. The summed E-state index contributed by atoms with van der Waals surface area (Å²) in [5.74, 6) is -1.04. The number of methoxy groups -OCH3 is 2. The lowest BCUT2D eigenvalue weighted by molar-refractivity contribution is -0.140. The van der Waals surface area contributed by atoms with Gasteiger partial charge in [0.1, 0.15) is 11.5 Å². The predicted octanol–water partition coefficient (Wildman–Crippen LogP) is 5.03. The third kappa shape index (κ3) is 4.32. The first kappa shape index (κ1) is 23.6. The van der Waals surface area contributed by atoms with Crippen LogP contribution in [0.1, 0.15) is 22.7 Å². The number of benzene rings is 2. The summed E-state index contributed by atoms with van der Waals surface area (Å²) in [7, 11) is 2.98. The monoisotopic (exact) mass is 498 g/mol. The summed E-state index contributed by atoms with van der Waals surface area (Å²) in [5.41, 5.74) is 1.46. The van der Waals surface area contributed by atoms with Gasteiger partial charge in [0.2, 0.25) is 0 Å². The number of aliphatic hydroxyl groups excluding tert-OH is 1. The average molecular weight is 499 g/mol. The summed E-state index contributed by atoms with van der Waals surface area (Å²) in [6.07, 6.45) is 3.14. The molecular weight excluding hydrogens is 479 g/mol. The van der Waals surface area contributed by atoms with Crippen LogP contribution in [0.3, 0.4) is 0 Å². The smallest absolute Gasteiger partial charge is 0.295 e. The van der Waals surface area contributed by atoms with E-state index in [-0.39, 0.29) is 33.5 Å². The minimum Gasteiger partial charge on any atom is -0.507 e. The predicted molar refractivity (Wildman–Crippen MR) is 128 cm³/mol. The first-order valence-corrected chi connectivity index (χ1v) is 11.0. The molecule has 0 saturated carbocycles. The summed E-state index contributed by atoms with van der Waals surface area (Å²) in [6.45, 7) is 0.134. The van der Waals surface area contributed by atoms with Crippen LogP contribution >= 0.6 is 23.2 Å². The third-order valence-electron chi connectivity index (χ3n) is 5.53. The van der Waals surface area contributed by atoms with E-state index in [1.807, 2.05) is 12.1 Å². The van der Waals surface area contributed by atoms with Gasteiger partial charge in [-0.25, -0.2) is 0 Å². The number of aromatic nitrogens is 1.